The Morgan fingerprint density at radius 1 is 1.11 bits per heavy atom. The van der Waals surface area contributed by atoms with Crippen molar-refractivity contribution < 1.29 is 19.2 Å². The fourth-order valence-electron chi connectivity index (χ4n) is 9.77. The molecule has 57 heavy (non-hydrogen) atoms. The number of piperazine rings is 1. The largest absolute Gasteiger partial charge is 0.323 e. The Balaban J connectivity index is 0.875. The monoisotopic (exact) mass is 816 g/mol. The van der Waals surface area contributed by atoms with E-state index in [2.05, 4.69) is 49.3 Å². The van der Waals surface area contributed by atoms with Crippen LogP contribution in [0.2, 0.25) is 5.02 Å². The molecule has 304 valence electrons. The number of hydrogen-bond donors (Lipinski definition) is 3. The summed E-state index contributed by atoms with van der Waals surface area (Å²) in [6, 6.07) is 9.87. The van der Waals surface area contributed by atoms with Gasteiger partial charge in [0.05, 0.1) is 51.8 Å². The number of benzene rings is 1. The van der Waals surface area contributed by atoms with Gasteiger partial charge in [0.25, 0.3) is 0 Å². The molecule has 1 aromatic carbocycles. The molecule has 1 saturated carbocycles. The smallest absolute Gasteiger partial charge is 0.249 e. The van der Waals surface area contributed by atoms with Crippen molar-refractivity contribution >= 4 is 70.1 Å². The lowest BCUT2D eigenvalue weighted by molar-refractivity contribution is -0.134. The van der Waals surface area contributed by atoms with Gasteiger partial charge in [-0.3, -0.25) is 43.9 Å². The first-order chi connectivity index (χ1) is 27.2. The molecule has 4 amide bonds. The number of anilines is 2. The number of rotatable bonds is 10. The zero-order valence-corrected chi connectivity index (χ0v) is 35.0. The Labute approximate surface area is 344 Å². The zero-order chi connectivity index (χ0) is 40.8. The molecule has 4 atom stereocenters. The maximum Gasteiger partial charge on any atom is 0.249 e. The Morgan fingerprint density at radius 2 is 1.82 bits per heavy atom. The van der Waals surface area contributed by atoms with E-state index in [0.717, 1.165) is 69.1 Å². The number of halogens is 1. The van der Waals surface area contributed by atoms with Crippen LogP contribution in [-0.4, -0.2) is 108 Å². The molecule has 2 unspecified atom stereocenters. The van der Waals surface area contributed by atoms with Crippen LogP contribution in [0.25, 0.3) is 10.9 Å². The molecular weight excluding hydrogens is 764 g/mol. The van der Waals surface area contributed by atoms with E-state index >= 15 is 0 Å². The Morgan fingerprint density at radius 3 is 2.49 bits per heavy atom. The van der Waals surface area contributed by atoms with Gasteiger partial charge in [0.15, 0.2) is 5.69 Å². The molecule has 0 spiro atoms. The number of piperidine rings is 1. The number of pyridine rings is 1. The molecule has 16 heteroatoms. The summed E-state index contributed by atoms with van der Waals surface area (Å²) in [4.78, 5) is 64.4. The number of nitrogens with one attached hydrogen (secondary N) is 2. The molecule has 3 aromatic rings. The number of hydrogen-bond acceptors (Lipinski definition) is 11. The number of fused-ring (bicyclic) bond motifs is 1. The number of aryl methyl sites for hydroxylation is 1. The summed E-state index contributed by atoms with van der Waals surface area (Å²) < 4.78 is 1.70. The molecule has 3 aliphatic heterocycles. The number of thiol groups is 1. The summed E-state index contributed by atoms with van der Waals surface area (Å²) in [5.41, 5.74) is 1.50. The van der Waals surface area contributed by atoms with Gasteiger partial charge in [-0.05, 0) is 97.2 Å². The summed E-state index contributed by atoms with van der Waals surface area (Å²) in [6.45, 7) is 11.4. The normalized spacial score (nSPS) is 27.5. The van der Waals surface area contributed by atoms with Crippen LogP contribution < -0.4 is 15.5 Å². The van der Waals surface area contributed by atoms with Crippen molar-refractivity contribution in [3.05, 3.63) is 46.9 Å². The van der Waals surface area contributed by atoms with Crippen molar-refractivity contribution in [2.45, 2.75) is 114 Å². The van der Waals surface area contributed by atoms with Gasteiger partial charge in [0.2, 0.25) is 23.6 Å². The first-order valence-corrected chi connectivity index (χ1v) is 21.0. The number of nitriles is 1. The van der Waals surface area contributed by atoms with E-state index in [1.54, 1.807) is 22.7 Å². The highest BCUT2D eigenvalue weighted by Gasteiger charge is 2.54. The second kappa shape index (κ2) is 16.7. The Bertz CT molecular complexity index is 2080. The molecule has 1 aliphatic carbocycles. The molecule has 3 saturated heterocycles. The number of para-hydroxylation sites is 1. The third-order valence-electron chi connectivity index (χ3n) is 12.6. The van der Waals surface area contributed by atoms with Crippen molar-refractivity contribution in [2.75, 3.05) is 36.4 Å². The minimum Gasteiger partial charge on any atom is -0.323 e. The van der Waals surface area contributed by atoms with Crippen molar-refractivity contribution in [3.63, 3.8) is 0 Å². The van der Waals surface area contributed by atoms with Gasteiger partial charge in [-0.25, -0.2) is 4.98 Å². The fraction of sp³-hybridized carbons (Fsp3) is 0.585. The fourth-order valence-corrected chi connectivity index (χ4v) is 10.7. The number of carbonyl (C=O) groups excluding carboxylic acids is 4. The standard InChI is InChI=1S/C41H53ClN10O4S/c1-24-21-49(17-7-8-26-11-13-27(14-12-26)52-40(57)51(39(56)41(52,3)4)28-18-31(42)33(19-43)44-20-28)22-25(2)50(24)23-35(54)45-32-10-6-9-29-36(47-48(5)37(29)32)30-15-16-34(53)46-38(30)55/h6,9-10,18,20,24-27,30,40,57H,7-8,11-17,21-23H2,1-5H3,(H,45,54)(H,46,53,55)/t24-,25+,26?,27?,30?,40?. The van der Waals surface area contributed by atoms with Crippen LogP contribution in [0.4, 0.5) is 11.4 Å². The van der Waals surface area contributed by atoms with Gasteiger partial charge in [-0.1, -0.05) is 23.7 Å². The van der Waals surface area contributed by atoms with Gasteiger partial charge >= 0.3 is 0 Å². The van der Waals surface area contributed by atoms with Gasteiger partial charge in [-0.15, -0.1) is 12.6 Å². The molecule has 4 fully saturated rings. The van der Waals surface area contributed by atoms with Crippen LogP contribution in [0.5, 0.6) is 0 Å². The van der Waals surface area contributed by atoms with E-state index < -0.39 is 17.0 Å². The first-order valence-electron chi connectivity index (χ1n) is 20.1. The number of carbonyl (C=O) groups is 4. The highest BCUT2D eigenvalue weighted by atomic mass is 35.5. The third-order valence-corrected chi connectivity index (χ3v) is 13.4. The Kier molecular flexibility index (Phi) is 12.0. The van der Waals surface area contributed by atoms with Crippen LogP contribution >= 0.6 is 24.2 Å². The molecule has 5 heterocycles. The van der Waals surface area contributed by atoms with Crippen LogP contribution in [0, 0.1) is 17.2 Å². The average Bonchev–Trinajstić information content (AvgIpc) is 3.58. The van der Waals surface area contributed by atoms with Crippen molar-refractivity contribution in [1.82, 2.24) is 34.8 Å². The maximum absolute atomic E-state index is 13.7. The van der Waals surface area contributed by atoms with Gasteiger partial charge < -0.3 is 10.2 Å². The van der Waals surface area contributed by atoms with E-state index in [1.807, 2.05) is 38.1 Å². The van der Waals surface area contributed by atoms with E-state index in [1.165, 1.54) is 6.20 Å². The highest BCUT2D eigenvalue weighted by Crippen LogP contribution is 2.43. The van der Waals surface area contributed by atoms with Crippen LogP contribution in [0.15, 0.2) is 30.5 Å². The maximum atomic E-state index is 13.7. The van der Waals surface area contributed by atoms with E-state index in [-0.39, 0.29) is 65.4 Å². The summed E-state index contributed by atoms with van der Waals surface area (Å²) in [7, 11) is 1.81. The van der Waals surface area contributed by atoms with Crippen molar-refractivity contribution in [2.24, 2.45) is 13.0 Å². The minimum atomic E-state index is -0.739. The molecule has 2 aromatic heterocycles. The lowest BCUT2D eigenvalue weighted by atomic mass is 9.81. The summed E-state index contributed by atoms with van der Waals surface area (Å²) in [5.74, 6) is -0.619. The number of amides is 4. The van der Waals surface area contributed by atoms with E-state index in [4.69, 9.17) is 24.2 Å². The van der Waals surface area contributed by atoms with Crippen molar-refractivity contribution in [3.8, 4) is 6.07 Å². The predicted octanol–water partition coefficient (Wildman–Crippen LogP) is 5.03. The molecule has 4 aliphatic rings. The topological polar surface area (TPSA) is 160 Å². The summed E-state index contributed by atoms with van der Waals surface area (Å²) in [5, 5.41) is 20.5. The lowest BCUT2D eigenvalue weighted by Gasteiger charge is -2.44. The highest BCUT2D eigenvalue weighted by molar-refractivity contribution is 7.81. The molecule has 2 N–H and O–H groups in total. The molecular formula is C41H53ClN10O4S. The average molecular weight is 817 g/mol. The predicted molar refractivity (Wildman–Crippen MR) is 222 cm³/mol. The lowest BCUT2D eigenvalue weighted by Crippen LogP contribution is -2.58. The van der Waals surface area contributed by atoms with E-state index in [0.29, 0.717) is 29.4 Å². The SMILES string of the molecule is C[C@@H]1CN(CCCC2CCC(N3C(S)N(c4cnc(C#N)c(Cl)c4)C(=O)C3(C)C)CC2)C[C@H](C)N1CC(=O)Nc1cccc2c(C3CCC(=O)NC3=O)nn(C)c12. The number of nitrogens with zero attached hydrogens (tertiary/aromatic N) is 8. The summed E-state index contributed by atoms with van der Waals surface area (Å²) in [6.07, 6.45) is 8.71. The van der Waals surface area contributed by atoms with E-state index in [9.17, 15) is 24.4 Å². The zero-order valence-electron chi connectivity index (χ0n) is 33.4. The quantitative estimate of drug-likeness (QED) is 0.187. The molecule has 7 rings (SSSR count). The summed E-state index contributed by atoms with van der Waals surface area (Å²) >= 11 is 11.2. The molecule has 14 nitrogen and oxygen atoms in total. The third kappa shape index (κ3) is 8.16. The Hall–Kier alpha value is -4.07. The van der Waals surface area contributed by atoms with Crippen LogP contribution in [0.1, 0.15) is 96.4 Å². The van der Waals surface area contributed by atoms with Gasteiger partial charge in [-0.2, -0.15) is 10.4 Å². The second-order valence-electron chi connectivity index (χ2n) is 16.8. The first kappa shape index (κ1) is 41.1. The number of aromatic nitrogens is 3. The number of imide groups is 1. The van der Waals surface area contributed by atoms with Gasteiger partial charge in [0.1, 0.15) is 11.6 Å². The van der Waals surface area contributed by atoms with Gasteiger partial charge in [0, 0.05) is 50.1 Å². The second-order valence-corrected chi connectivity index (χ2v) is 17.7. The van der Waals surface area contributed by atoms with Crippen LogP contribution in [-0.2, 0) is 26.2 Å². The minimum absolute atomic E-state index is 0.0548. The molecule has 0 radical (unpaired) electrons. The van der Waals surface area contributed by atoms with Crippen molar-refractivity contribution in [1.29, 1.82) is 5.26 Å². The molecule has 0 bridgehead atoms. The van der Waals surface area contributed by atoms with Crippen LogP contribution in [0.3, 0.4) is 0 Å².